The van der Waals surface area contributed by atoms with Crippen molar-refractivity contribution >= 4 is 17.6 Å². The molecule has 0 atom stereocenters. The molecule has 64 valence electrons. The monoisotopic (exact) mass is 169 g/mol. The van der Waals surface area contributed by atoms with E-state index in [9.17, 15) is 9.59 Å². The van der Waals surface area contributed by atoms with Crippen molar-refractivity contribution in [3.63, 3.8) is 0 Å². The minimum Gasteiger partial charge on any atom is -0.363 e. The number of nitrogens with one attached hydrogen (secondary N) is 2. The zero-order valence-electron chi connectivity index (χ0n) is 6.33. The van der Waals surface area contributed by atoms with Gasteiger partial charge in [-0.05, 0) is 0 Å². The van der Waals surface area contributed by atoms with Gasteiger partial charge in [-0.3, -0.25) is 14.9 Å². The topological polar surface area (TPSA) is 84.2 Å². The Hall–Kier alpha value is -1.85. The van der Waals surface area contributed by atoms with Crippen LogP contribution in [0.25, 0.3) is 0 Å². The molecule has 0 bridgehead atoms. The Labute approximate surface area is 67.9 Å². The predicted molar refractivity (Wildman–Crippen MR) is 39.2 cm³/mol. The van der Waals surface area contributed by atoms with E-state index in [0.29, 0.717) is 0 Å². The molecule has 0 saturated carbocycles. The molecule has 0 aliphatic rings. The maximum absolute atomic E-state index is 10.8. The van der Waals surface area contributed by atoms with Crippen LogP contribution in [0.15, 0.2) is 16.9 Å². The average Bonchev–Trinajstić information content (AvgIpc) is 2.55. The Morgan fingerprint density at radius 1 is 1.50 bits per heavy atom. The first-order chi connectivity index (χ1) is 5.74. The minimum absolute atomic E-state index is 0.212. The normalized spacial score (nSPS) is 9.08. The van der Waals surface area contributed by atoms with Gasteiger partial charge in [-0.15, -0.1) is 0 Å². The van der Waals surface area contributed by atoms with E-state index in [1.165, 1.54) is 19.4 Å². The Balaban J connectivity index is 2.53. The summed E-state index contributed by atoms with van der Waals surface area (Å²) in [6.45, 7) is 0. The third kappa shape index (κ3) is 1.82. The summed E-state index contributed by atoms with van der Waals surface area (Å²) in [6.07, 6.45) is 1.29. The number of hydrogen-bond donors (Lipinski definition) is 2. The fourth-order valence-electron chi connectivity index (χ4n) is 0.564. The molecule has 0 spiro atoms. The van der Waals surface area contributed by atoms with E-state index >= 15 is 0 Å². The molecule has 0 saturated heterocycles. The molecule has 0 aliphatic carbocycles. The summed E-state index contributed by atoms with van der Waals surface area (Å²) in [5, 5.41) is 7.77. The van der Waals surface area contributed by atoms with E-state index < -0.39 is 11.8 Å². The lowest BCUT2D eigenvalue weighted by Gasteiger charge is -1.97. The lowest BCUT2D eigenvalue weighted by molar-refractivity contribution is -0.135. The second kappa shape index (κ2) is 3.51. The van der Waals surface area contributed by atoms with Gasteiger partial charge in [0, 0.05) is 13.1 Å². The summed E-state index contributed by atoms with van der Waals surface area (Å²) in [5.41, 5.74) is 0. The molecule has 0 radical (unpaired) electrons. The van der Waals surface area contributed by atoms with Gasteiger partial charge in [0.15, 0.2) is 5.82 Å². The fourth-order valence-corrected chi connectivity index (χ4v) is 0.564. The number of rotatable bonds is 1. The second-order valence-corrected chi connectivity index (χ2v) is 1.92. The van der Waals surface area contributed by atoms with Gasteiger partial charge in [-0.2, -0.15) is 0 Å². The number of amides is 2. The van der Waals surface area contributed by atoms with E-state index in [2.05, 4.69) is 20.3 Å². The molecule has 1 rings (SSSR count). The van der Waals surface area contributed by atoms with Gasteiger partial charge in [0.2, 0.25) is 0 Å². The van der Waals surface area contributed by atoms with Crippen LogP contribution < -0.4 is 10.6 Å². The van der Waals surface area contributed by atoms with Crippen molar-refractivity contribution in [2.45, 2.75) is 0 Å². The van der Waals surface area contributed by atoms with Crippen LogP contribution in [-0.2, 0) is 9.59 Å². The lowest BCUT2D eigenvalue weighted by Crippen LogP contribution is -2.32. The Morgan fingerprint density at radius 2 is 2.25 bits per heavy atom. The highest BCUT2D eigenvalue weighted by molar-refractivity contribution is 6.39. The summed E-state index contributed by atoms with van der Waals surface area (Å²) in [6, 6.07) is 1.43. The average molecular weight is 169 g/mol. The van der Waals surface area contributed by atoms with Crippen molar-refractivity contribution in [2.75, 3.05) is 12.4 Å². The summed E-state index contributed by atoms with van der Waals surface area (Å²) in [5.74, 6) is -1.28. The number of nitrogens with zero attached hydrogens (tertiary/aromatic N) is 1. The van der Waals surface area contributed by atoms with Crippen LogP contribution in [0, 0.1) is 0 Å². The number of hydrogen-bond acceptors (Lipinski definition) is 4. The largest absolute Gasteiger partial charge is 0.363 e. The molecule has 0 fully saturated rings. The van der Waals surface area contributed by atoms with Crippen molar-refractivity contribution in [3.8, 4) is 0 Å². The molecule has 1 heterocycles. The van der Waals surface area contributed by atoms with Crippen molar-refractivity contribution in [3.05, 3.63) is 12.3 Å². The molecule has 0 unspecified atom stereocenters. The molecule has 1 aromatic heterocycles. The molecule has 0 aromatic carbocycles. The minimum atomic E-state index is -0.772. The van der Waals surface area contributed by atoms with Crippen molar-refractivity contribution < 1.29 is 14.1 Å². The van der Waals surface area contributed by atoms with Crippen molar-refractivity contribution in [1.29, 1.82) is 0 Å². The highest BCUT2D eigenvalue weighted by Crippen LogP contribution is 1.99. The number of carbonyl (C=O) groups excluding carboxylic acids is 2. The first kappa shape index (κ1) is 8.25. The van der Waals surface area contributed by atoms with Gasteiger partial charge >= 0.3 is 11.8 Å². The van der Waals surface area contributed by atoms with Gasteiger partial charge in [0.05, 0.1) is 0 Å². The van der Waals surface area contributed by atoms with Crippen LogP contribution in [0.5, 0.6) is 0 Å². The number of carbonyl (C=O) groups is 2. The molecule has 6 heteroatoms. The number of aromatic nitrogens is 1. The smallest absolute Gasteiger partial charge is 0.314 e. The zero-order valence-corrected chi connectivity index (χ0v) is 6.33. The third-order valence-electron chi connectivity index (χ3n) is 1.11. The Morgan fingerprint density at radius 3 is 2.75 bits per heavy atom. The van der Waals surface area contributed by atoms with E-state index in [-0.39, 0.29) is 5.82 Å². The summed E-state index contributed by atoms with van der Waals surface area (Å²) in [4.78, 5) is 21.5. The van der Waals surface area contributed by atoms with E-state index in [1.807, 2.05) is 0 Å². The molecule has 12 heavy (non-hydrogen) atoms. The van der Waals surface area contributed by atoms with Crippen molar-refractivity contribution in [2.24, 2.45) is 0 Å². The standard InChI is InChI=1S/C6H7N3O3/c1-7-5(10)6(11)8-4-2-3-12-9-4/h2-3H,1H3,(H,7,10)(H,8,9,11). The zero-order chi connectivity index (χ0) is 8.97. The third-order valence-corrected chi connectivity index (χ3v) is 1.11. The van der Waals surface area contributed by atoms with Crippen LogP contribution in [-0.4, -0.2) is 24.0 Å². The van der Waals surface area contributed by atoms with E-state index in [0.717, 1.165) is 0 Å². The maximum atomic E-state index is 10.8. The van der Waals surface area contributed by atoms with Crippen LogP contribution in [0.2, 0.25) is 0 Å². The van der Waals surface area contributed by atoms with Gasteiger partial charge in [0.25, 0.3) is 0 Å². The summed E-state index contributed by atoms with van der Waals surface area (Å²) in [7, 11) is 1.37. The molecular formula is C6H7N3O3. The summed E-state index contributed by atoms with van der Waals surface area (Å²) < 4.78 is 4.43. The molecule has 6 nitrogen and oxygen atoms in total. The van der Waals surface area contributed by atoms with E-state index in [4.69, 9.17) is 0 Å². The second-order valence-electron chi connectivity index (χ2n) is 1.92. The highest BCUT2D eigenvalue weighted by atomic mass is 16.5. The first-order valence-corrected chi connectivity index (χ1v) is 3.17. The maximum Gasteiger partial charge on any atom is 0.314 e. The van der Waals surface area contributed by atoms with Gasteiger partial charge in [0.1, 0.15) is 6.26 Å². The van der Waals surface area contributed by atoms with Gasteiger partial charge < -0.3 is 9.84 Å². The van der Waals surface area contributed by atoms with Gasteiger partial charge in [-0.25, -0.2) is 0 Å². The molecule has 0 aliphatic heterocycles. The highest BCUT2D eigenvalue weighted by Gasteiger charge is 2.11. The molecule has 2 amide bonds. The SMILES string of the molecule is CNC(=O)C(=O)Nc1ccon1. The lowest BCUT2D eigenvalue weighted by atomic mass is 10.5. The predicted octanol–water partition coefficient (Wildman–Crippen LogP) is -0.641. The first-order valence-electron chi connectivity index (χ1n) is 3.17. The van der Waals surface area contributed by atoms with Gasteiger partial charge in [-0.1, -0.05) is 5.16 Å². The number of anilines is 1. The number of likely N-dealkylation sites (N-methyl/N-ethyl adjacent to an activating group) is 1. The van der Waals surface area contributed by atoms with E-state index in [1.54, 1.807) is 0 Å². The Bertz CT molecular complexity index is 280. The Kier molecular flexibility index (Phi) is 2.42. The molecular weight excluding hydrogens is 162 g/mol. The molecule has 1 aromatic rings. The van der Waals surface area contributed by atoms with Crippen LogP contribution >= 0.6 is 0 Å². The quantitative estimate of drug-likeness (QED) is 0.547. The van der Waals surface area contributed by atoms with Crippen LogP contribution in [0.1, 0.15) is 0 Å². The summed E-state index contributed by atoms with van der Waals surface area (Å²) >= 11 is 0. The van der Waals surface area contributed by atoms with Crippen molar-refractivity contribution in [1.82, 2.24) is 10.5 Å². The molecule has 2 N–H and O–H groups in total. The fraction of sp³-hybridized carbons (Fsp3) is 0.167. The van der Waals surface area contributed by atoms with Crippen LogP contribution in [0.4, 0.5) is 5.82 Å². The van der Waals surface area contributed by atoms with Crippen LogP contribution in [0.3, 0.4) is 0 Å².